The Morgan fingerprint density at radius 2 is 1.95 bits per heavy atom. The van der Waals surface area contributed by atoms with Crippen LogP contribution in [0, 0.1) is 18.2 Å². The van der Waals surface area contributed by atoms with Crippen molar-refractivity contribution in [2.24, 2.45) is 5.41 Å². The first-order chi connectivity index (χ1) is 8.96. The number of hydrogen-bond donors (Lipinski definition) is 1. The van der Waals surface area contributed by atoms with Crippen LogP contribution < -0.4 is 5.32 Å². The van der Waals surface area contributed by atoms with Crippen molar-refractivity contribution in [3.63, 3.8) is 0 Å². The molecule has 0 bridgehead atoms. The molecule has 0 radical (unpaired) electrons. The van der Waals surface area contributed by atoms with Crippen LogP contribution in [0.4, 0.5) is 4.39 Å². The predicted octanol–water partition coefficient (Wildman–Crippen LogP) is 3.91. The van der Waals surface area contributed by atoms with Gasteiger partial charge in [0.05, 0.1) is 0 Å². The van der Waals surface area contributed by atoms with Gasteiger partial charge in [-0.1, -0.05) is 13.8 Å². The smallest absolute Gasteiger partial charge is 0.251 e. The molecule has 19 heavy (non-hydrogen) atoms. The molecule has 0 aromatic heterocycles. The summed E-state index contributed by atoms with van der Waals surface area (Å²) in [6, 6.07) is 4.33. The molecule has 1 amide bonds. The Hall–Kier alpha value is -1.09. The van der Waals surface area contributed by atoms with Crippen LogP contribution in [0.25, 0.3) is 0 Å². The highest BCUT2D eigenvalue weighted by atomic mass is 35.5. The molecule has 0 saturated heterocycles. The van der Waals surface area contributed by atoms with E-state index in [9.17, 15) is 9.18 Å². The molecule has 1 aromatic carbocycles. The van der Waals surface area contributed by atoms with Gasteiger partial charge in [-0.25, -0.2) is 4.39 Å². The minimum atomic E-state index is -0.389. The van der Waals surface area contributed by atoms with E-state index in [1.807, 2.05) is 0 Å². The Morgan fingerprint density at radius 1 is 1.32 bits per heavy atom. The quantitative estimate of drug-likeness (QED) is 0.789. The Labute approximate surface area is 119 Å². The zero-order valence-electron chi connectivity index (χ0n) is 11.7. The van der Waals surface area contributed by atoms with Gasteiger partial charge in [0.15, 0.2) is 0 Å². The minimum absolute atomic E-state index is 0.0837. The molecule has 1 rings (SSSR count). The summed E-state index contributed by atoms with van der Waals surface area (Å²) in [5.74, 6) is -0.138. The van der Waals surface area contributed by atoms with Crippen LogP contribution in [-0.2, 0) is 0 Å². The highest BCUT2D eigenvalue weighted by Gasteiger charge is 2.25. The monoisotopic (exact) mass is 285 g/mol. The van der Waals surface area contributed by atoms with Crippen molar-refractivity contribution in [1.82, 2.24) is 5.32 Å². The number of hydrogen-bond acceptors (Lipinski definition) is 1. The maximum Gasteiger partial charge on any atom is 0.251 e. The molecular weight excluding hydrogens is 265 g/mol. The van der Waals surface area contributed by atoms with Gasteiger partial charge in [-0.2, -0.15) is 0 Å². The lowest BCUT2D eigenvalue weighted by atomic mass is 9.84. The van der Waals surface area contributed by atoms with Gasteiger partial charge in [0.2, 0.25) is 0 Å². The van der Waals surface area contributed by atoms with Gasteiger partial charge >= 0.3 is 0 Å². The SMILES string of the molecule is CCC(CC)(CCl)CNC(=O)c1cc(C)cc(F)c1. The van der Waals surface area contributed by atoms with E-state index >= 15 is 0 Å². The second-order valence-corrected chi connectivity index (χ2v) is 5.31. The summed E-state index contributed by atoms with van der Waals surface area (Å²) in [7, 11) is 0. The molecule has 4 heteroatoms. The molecule has 2 nitrogen and oxygen atoms in total. The second kappa shape index (κ2) is 6.90. The first-order valence-corrected chi connectivity index (χ1v) is 7.11. The number of amides is 1. The molecule has 0 fully saturated rings. The van der Waals surface area contributed by atoms with E-state index in [2.05, 4.69) is 19.2 Å². The number of carbonyl (C=O) groups excluding carboxylic acids is 1. The zero-order valence-corrected chi connectivity index (χ0v) is 12.5. The standard InChI is InChI=1S/C15H21ClFNO/c1-4-15(5-2,9-16)10-18-14(19)12-6-11(3)7-13(17)8-12/h6-8H,4-5,9-10H2,1-3H3,(H,18,19). The molecule has 1 aromatic rings. The highest BCUT2D eigenvalue weighted by Crippen LogP contribution is 2.27. The van der Waals surface area contributed by atoms with Crippen LogP contribution in [0.15, 0.2) is 18.2 Å². The van der Waals surface area contributed by atoms with Crippen LogP contribution in [-0.4, -0.2) is 18.3 Å². The summed E-state index contributed by atoms with van der Waals surface area (Å²) in [4.78, 5) is 12.0. The van der Waals surface area contributed by atoms with Crippen molar-refractivity contribution in [2.45, 2.75) is 33.6 Å². The minimum Gasteiger partial charge on any atom is -0.351 e. The third-order valence-corrected chi connectivity index (χ3v) is 4.28. The van der Waals surface area contributed by atoms with Gasteiger partial charge < -0.3 is 5.32 Å². The van der Waals surface area contributed by atoms with E-state index < -0.39 is 0 Å². The Balaban J connectivity index is 2.74. The first-order valence-electron chi connectivity index (χ1n) is 6.57. The number of aryl methyl sites for hydroxylation is 1. The van der Waals surface area contributed by atoms with Crippen molar-refractivity contribution in [3.8, 4) is 0 Å². The maximum atomic E-state index is 13.3. The number of rotatable bonds is 6. The Bertz CT molecular complexity index is 415. The molecule has 0 atom stereocenters. The summed E-state index contributed by atoms with van der Waals surface area (Å²) in [6.07, 6.45) is 1.80. The molecule has 0 saturated carbocycles. The van der Waals surface area contributed by atoms with Crippen molar-refractivity contribution in [2.75, 3.05) is 12.4 Å². The lowest BCUT2D eigenvalue weighted by Gasteiger charge is -2.29. The Kier molecular flexibility index (Phi) is 5.80. The van der Waals surface area contributed by atoms with Crippen molar-refractivity contribution >= 4 is 17.5 Å². The molecule has 0 aliphatic carbocycles. The van der Waals surface area contributed by atoms with Gasteiger partial charge in [0.1, 0.15) is 5.82 Å². The maximum absolute atomic E-state index is 13.3. The normalized spacial score (nSPS) is 11.4. The molecular formula is C15H21ClFNO. The van der Waals surface area contributed by atoms with Gasteiger partial charge in [-0.05, 0) is 43.5 Å². The van der Waals surface area contributed by atoms with E-state index in [0.29, 0.717) is 18.0 Å². The van der Waals surface area contributed by atoms with Crippen molar-refractivity contribution in [3.05, 3.63) is 35.1 Å². The lowest BCUT2D eigenvalue weighted by molar-refractivity contribution is 0.0931. The Morgan fingerprint density at radius 3 is 2.42 bits per heavy atom. The van der Waals surface area contributed by atoms with Crippen molar-refractivity contribution < 1.29 is 9.18 Å². The van der Waals surface area contributed by atoms with Crippen molar-refractivity contribution in [1.29, 1.82) is 0 Å². The summed E-state index contributed by atoms with van der Waals surface area (Å²) < 4.78 is 13.3. The largest absolute Gasteiger partial charge is 0.351 e. The molecule has 0 unspecified atom stereocenters. The summed E-state index contributed by atoms with van der Waals surface area (Å²) in [6.45, 7) is 6.40. The fourth-order valence-corrected chi connectivity index (χ4v) is 2.45. The highest BCUT2D eigenvalue weighted by molar-refractivity contribution is 6.18. The zero-order chi connectivity index (χ0) is 14.5. The number of nitrogens with one attached hydrogen (secondary N) is 1. The van der Waals surface area contributed by atoms with E-state index in [0.717, 1.165) is 18.4 Å². The lowest BCUT2D eigenvalue weighted by Crippen LogP contribution is -2.38. The summed E-state index contributed by atoms with van der Waals surface area (Å²) >= 11 is 5.99. The van der Waals surface area contributed by atoms with E-state index in [4.69, 9.17) is 11.6 Å². The van der Waals surface area contributed by atoms with E-state index in [1.165, 1.54) is 12.1 Å². The molecule has 106 valence electrons. The predicted molar refractivity (Wildman–Crippen MR) is 77.2 cm³/mol. The number of halogens is 2. The average Bonchev–Trinajstić information content (AvgIpc) is 2.39. The van der Waals surface area contributed by atoms with Crippen LogP contribution in [0.5, 0.6) is 0 Å². The summed E-state index contributed by atoms with van der Waals surface area (Å²) in [5, 5.41) is 2.86. The number of benzene rings is 1. The molecule has 0 aliphatic heterocycles. The average molecular weight is 286 g/mol. The topological polar surface area (TPSA) is 29.1 Å². The molecule has 0 aliphatic rings. The first kappa shape index (κ1) is 16.0. The van der Waals surface area contributed by atoms with Crippen LogP contribution in [0.1, 0.15) is 42.6 Å². The van der Waals surface area contributed by atoms with E-state index in [1.54, 1.807) is 13.0 Å². The second-order valence-electron chi connectivity index (χ2n) is 5.04. The van der Waals surface area contributed by atoms with Gasteiger partial charge in [0.25, 0.3) is 5.91 Å². The van der Waals surface area contributed by atoms with E-state index in [-0.39, 0.29) is 17.1 Å². The van der Waals surface area contributed by atoms with Gasteiger partial charge in [-0.15, -0.1) is 11.6 Å². The number of carbonyl (C=O) groups is 1. The fraction of sp³-hybridized carbons (Fsp3) is 0.533. The van der Waals surface area contributed by atoms with Crippen LogP contribution >= 0.6 is 11.6 Å². The van der Waals surface area contributed by atoms with Gasteiger partial charge in [-0.3, -0.25) is 4.79 Å². The third-order valence-electron chi connectivity index (χ3n) is 3.71. The molecule has 0 spiro atoms. The molecule has 1 N–H and O–H groups in total. The van der Waals surface area contributed by atoms with Gasteiger partial charge in [0, 0.05) is 23.4 Å². The van der Waals surface area contributed by atoms with Crippen LogP contribution in [0.2, 0.25) is 0 Å². The fourth-order valence-electron chi connectivity index (χ4n) is 1.97. The molecule has 0 heterocycles. The number of alkyl halides is 1. The van der Waals surface area contributed by atoms with Crippen LogP contribution in [0.3, 0.4) is 0 Å². The summed E-state index contributed by atoms with van der Waals surface area (Å²) in [5.41, 5.74) is 1.01. The third kappa shape index (κ3) is 4.20.